The molecule has 0 atom stereocenters. The number of hydrogen-bond donors (Lipinski definition) is 1. The lowest BCUT2D eigenvalue weighted by atomic mass is 10.3. The van der Waals surface area contributed by atoms with E-state index in [2.05, 4.69) is 30.5 Å². The van der Waals surface area contributed by atoms with Gasteiger partial charge in [0.1, 0.15) is 5.70 Å². The Balaban J connectivity index is 2.94. The van der Waals surface area contributed by atoms with E-state index >= 15 is 0 Å². The van der Waals surface area contributed by atoms with Gasteiger partial charge in [-0.05, 0) is 22.7 Å². The molecule has 98 valence electrons. The molecule has 0 bridgehead atoms. The fourth-order valence-electron chi connectivity index (χ4n) is 1.59. The highest BCUT2D eigenvalue weighted by Gasteiger charge is 2.23. The average Bonchev–Trinajstić information content (AvgIpc) is 2.77. The number of carbonyl (C=O) groups excluding carboxylic acids is 1. The first kappa shape index (κ1) is 14.7. The maximum absolute atomic E-state index is 11.2. The van der Waals surface area contributed by atoms with E-state index in [9.17, 15) is 4.79 Å². The minimum Gasteiger partial charge on any atom is -0.464 e. The van der Waals surface area contributed by atoms with Crippen LogP contribution in [-0.4, -0.2) is 21.2 Å². The molecule has 1 aromatic heterocycles. The van der Waals surface area contributed by atoms with Crippen LogP contribution in [0.3, 0.4) is 0 Å². The van der Waals surface area contributed by atoms with Crippen LogP contribution < -0.4 is 10.2 Å². The fraction of sp³-hybridized carbons (Fsp3) is 0.308. The molecule has 0 saturated heterocycles. The van der Waals surface area contributed by atoms with Gasteiger partial charge in [-0.1, -0.05) is 25.2 Å². The van der Waals surface area contributed by atoms with Crippen molar-refractivity contribution in [2.45, 2.75) is 19.1 Å². The van der Waals surface area contributed by atoms with E-state index in [1.807, 2.05) is 12.1 Å². The Labute approximate surface area is 113 Å². The van der Waals surface area contributed by atoms with Crippen molar-refractivity contribution in [1.29, 1.82) is 0 Å². The highest BCUT2D eigenvalue weighted by atomic mass is 32.1. The van der Waals surface area contributed by atoms with Gasteiger partial charge in [-0.2, -0.15) is 0 Å². The normalized spacial score (nSPS) is 12.3. The van der Waals surface area contributed by atoms with Gasteiger partial charge in [0.15, 0.2) is 0 Å². The lowest BCUT2D eigenvalue weighted by Crippen LogP contribution is -2.38. The Bertz CT molecular complexity index is 477. The second-order valence-corrected chi connectivity index (χ2v) is 10.9. The molecule has 1 heterocycles. The summed E-state index contributed by atoms with van der Waals surface area (Å²) in [5.41, 5.74) is 5.76. The number of carbonyl (C=O) groups is 1. The molecule has 2 N–H and O–H groups in total. The molecular weight excluding hydrogens is 262 g/mol. The number of ether oxygens (including phenoxy) is 1. The number of esters is 1. The summed E-state index contributed by atoms with van der Waals surface area (Å²) in [5.74, 6) is -0.493. The van der Waals surface area contributed by atoms with Crippen LogP contribution in [-0.2, 0) is 9.53 Å². The zero-order chi connectivity index (χ0) is 13.8. The Morgan fingerprint density at radius 3 is 2.78 bits per heavy atom. The van der Waals surface area contributed by atoms with Crippen LogP contribution in [0.2, 0.25) is 19.1 Å². The van der Waals surface area contributed by atoms with Crippen LogP contribution in [0.25, 0.3) is 6.08 Å². The van der Waals surface area contributed by atoms with Crippen molar-refractivity contribution in [3.63, 3.8) is 0 Å². The summed E-state index contributed by atoms with van der Waals surface area (Å²) in [6, 6.07) is 5.16. The molecular formula is C13H19NO2SSi. The van der Waals surface area contributed by atoms with E-state index in [-0.39, 0.29) is 5.70 Å². The second kappa shape index (κ2) is 6.02. The standard InChI is InChI=1S/C13H19NO2SSi/c1-5-8-18(3,4)12-7-6-10(17-12)9-11(14)13(15)16-2/h5-7,9H,1,8,14H2,2-4H3/b11-9+. The van der Waals surface area contributed by atoms with E-state index in [0.717, 1.165) is 10.9 Å². The van der Waals surface area contributed by atoms with Gasteiger partial charge in [0.05, 0.1) is 15.2 Å². The third-order valence-corrected chi connectivity index (χ3v) is 8.29. The number of thiophene rings is 1. The lowest BCUT2D eigenvalue weighted by molar-refractivity contribution is -0.136. The summed E-state index contributed by atoms with van der Waals surface area (Å²) in [4.78, 5) is 12.2. The third-order valence-electron chi connectivity index (χ3n) is 2.67. The minimum atomic E-state index is -1.43. The van der Waals surface area contributed by atoms with Crippen LogP contribution in [0.4, 0.5) is 0 Å². The molecule has 0 aliphatic carbocycles. The molecule has 3 nitrogen and oxygen atoms in total. The quantitative estimate of drug-likeness (QED) is 0.390. The molecule has 0 spiro atoms. The number of rotatable bonds is 5. The van der Waals surface area contributed by atoms with E-state index in [0.29, 0.717) is 0 Å². The SMILES string of the molecule is C=CC[Si](C)(C)c1ccc(/C=C(/N)C(=O)OC)s1. The Morgan fingerprint density at radius 2 is 2.22 bits per heavy atom. The molecule has 5 heteroatoms. The van der Waals surface area contributed by atoms with Crippen LogP contribution in [0.15, 0.2) is 30.5 Å². The van der Waals surface area contributed by atoms with Gasteiger partial charge < -0.3 is 10.5 Å². The number of allylic oxidation sites excluding steroid dienone is 1. The van der Waals surface area contributed by atoms with Crippen LogP contribution in [0, 0.1) is 0 Å². The molecule has 0 unspecified atom stereocenters. The van der Waals surface area contributed by atoms with Crippen LogP contribution in [0.1, 0.15) is 4.88 Å². The van der Waals surface area contributed by atoms with E-state index in [1.54, 1.807) is 17.4 Å². The highest BCUT2D eigenvalue weighted by molar-refractivity contribution is 7.27. The molecule has 0 fully saturated rings. The molecule has 0 aliphatic heterocycles. The van der Waals surface area contributed by atoms with E-state index in [1.165, 1.54) is 11.6 Å². The smallest absolute Gasteiger partial charge is 0.353 e. The van der Waals surface area contributed by atoms with Crippen molar-refractivity contribution in [1.82, 2.24) is 0 Å². The molecule has 18 heavy (non-hydrogen) atoms. The molecule has 0 saturated carbocycles. The van der Waals surface area contributed by atoms with Gasteiger partial charge in [-0.25, -0.2) is 4.79 Å². The summed E-state index contributed by atoms with van der Waals surface area (Å²) in [7, 11) is -0.108. The summed E-state index contributed by atoms with van der Waals surface area (Å²) in [5, 5.41) is 0. The Kier molecular flexibility index (Phi) is 4.92. The summed E-state index contributed by atoms with van der Waals surface area (Å²) in [6.45, 7) is 8.41. The van der Waals surface area contributed by atoms with Gasteiger partial charge in [0.2, 0.25) is 0 Å². The summed E-state index contributed by atoms with van der Waals surface area (Å²) < 4.78 is 5.95. The topological polar surface area (TPSA) is 52.3 Å². The maximum Gasteiger partial charge on any atom is 0.353 e. The van der Waals surface area contributed by atoms with Gasteiger partial charge in [-0.3, -0.25) is 0 Å². The zero-order valence-corrected chi connectivity index (χ0v) is 12.8. The minimum absolute atomic E-state index is 0.133. The molecule has 1 rings (SSSR count). The van der Waals surface area contributed by atoms with Crippen molar-refractivity contribution in [2.24, 2.45) is 5.73 Å². The first-order valence-corrected chi connectivity index (χ1v) is 9.70. The summed E-state index contributed by atoms with van der Waals surface area (Å²) in [6.07, 6.45) is 3.64. The zero-order valence-electron chi connectivity index (χ0n) is 11.0. The Hall–Kier alpha value is -1.33. The van der Waals surface area contributed by atoms with Gasteiger partial charge in [0.25, 0.3) is 0 Å². The second-order valence-electron chi connectivity index (χ2n) is 4.67. The van der Waals surface area contributed by atoms with Crippen molar-refractivity contribution in [2.75, 3.05) is 7.11 Å². The van der Waals surface area contributed by atoms with Gasteiger partial charge in [-0.15, -0.1) is 17.9 Å². The third kappa shape index (κ3) is 3.58. The Morgan fingerprint density at radius 1 is 1.56 bits per heavy atom. The van der Waals surface area contributed by atoms with Gasteiger partial charge >= 0.3 is 5.97 Å². The molecule has 0 amide bonds. The number of nitrogens with two attached hydrogens (primary N) is 1. The predicted octanol–water partition coefficient (Wildman–Crippen LogP) is 2.32. The first-order valence-electron chi connectivity index (χ1n) is 5.67. The van der Waals surface area contributed by atoms with Crippen molar-refractivity contribution in [3.05, 3.63) is 35.4 Å². The number of hydrogen-bond acceptors (Lipinski definition) is 4. The van der Waals surface area contributed by atoms with Crippen molar-refractivity contribution >= 4 is 36.0 Å². The van der Waals surface area contributed by atoms with Crippen LogP contribution in [0.5, 0.6) is 0 Å². The van der Waals surface area contributed by atoms with Crippen LogP contribution >= 0.6 is 11.3 Å². The number of methoxy groups -OCH3 is 1. The molecule has 0 radical (unpaired) electrons. The fourth-order valence-corrected chi connectivity index (χ4v) is 5.46. The highest BCUT2D eigenvalue weighted by Crippen LogP contribution is 2.18. The van der Waals surface area contributed by atoms with Crippen molar-refractivity contribution in [3.8, 4) is 0 Å². The maximum atomic E-state index is 11.2. The first-order chi connectivity index (χ1) is 8.40. The van der Waals surface area contributed by atoms with E-state index < -0.39 is 14.0 Å². The molecule has 0 aliphatic rings. The lowest BCUT2D eigenvalue weighted by Gasteiger charge is -2.17. The molecule has 0 aromatic carbocycles. The van der Waals surface area contributed by atoms with E-state index in [4.69, 9.17) is 5.73 Å². The monoisotopic (exact) mass is 281 g/mol. The summed E-state index contributed by atoms with van der Waals surface area (Å²) >= 11 is 1.69. The molecule has 1 aromatic rings. The van der Waals surface area contributed by atoms with Gasteiger partial charge in [0, 0.05) is 4.88 Å². The predicted molar refractivity (Wildman–Crippen MR) is 80.6 cm³/mol. The van der Waals surface area contributed by atoms with Crippen molar-refractivity contribution < 1.29 is 9.53 Å². The largest absolute Gasteiger partial charge is 0.464 e. The average molecular weight is 281 g/mol.